The maximum atomic E-state index is 5.24. The minimum Gasteiger partial charge on any atom is -0.311 e. The molecule has 100 valence electrons. The highest BCUT2D eigenvalue weighted by molar-refractivity contribution is 6.18. The molecule has 0 radical (unpaired) electrons. The molecule has 1 heterocycles. The van der Waals surface area contributed by atoms with E-state index in [1.165, 1.54) is 26.9 Å². The monoisotopic (exact) mass is 273 g/mol. The largest absolute Gasteiger partial charge is 0.311 e. The molecule has 0 fully saturated rings. The molecule has 0 atom stereocenters. The maximum Gasteiger partial charge on any atom is 0.201 e. The highest BCUT2D eigenvalue weighted by Gasteiger charge is 2.18. The van der Waals surface area contributed by atoms with Crippen molar-refractivity contribution in [2.45, 2.75) is 0 Å². The number of hydrogen-bond acceptors (Lipinski definition) is 3. The molecule has 1 N–H and O–H groups in total. The molecule has 0 bridgehead atoms. The molecular weight excluding hydrogens is 262 g/mol. The van der Waals surface area contributed by atoms with Crippen LogP contribution in [0, 0.1) is 0 Å². The van der Waals surface area contributed by atoms with E-state index in [0.29, 0.717) is 0 Å². The predicted octanol–water partition coefficient (Wildman–Crippen LogP) is 4.80. The van der Waals surface area contributed by atoms with Gasteiger partial charge in [-0.2, -0.15) is 0 Å². The van der Waals surface area contributed by atoms with Crippen LogP contribution in [0.2, 0.25) is 0 Å². The van der Waals surface area contributed by atoms with E-state index in [1.54, 1.807) is 0 Å². The smallest absolute Gasteiger partial charge is 0.201 e. The molecule has 3 heteroatoms. The SMILES string of the molecule is c1ccc2c(c1)ccc1c3ccc4c(c3ccc21)OON4. The zero-order chi connectivity index (χ0) is 13.8. The third kappa shape index (κ3) is 1.41. The number of fused-ring (bicyclic) bond motifs is 7. The fourth-order valence-electron chi connectivity index (χ4n) is 3.15. The number of hydrogen-bond donors (Lipinski definition) is 1. The Labute approximate surface area is 120 Å². The van der Waals surface area contributed by atoms with Gasteiger partial charge in [0.25, 0.3) is 0 Å². The molecule has 0 saturated carbocycles. The molecule has 0 saturated heterocycles. The van der Waals surface area contributed by atoms with Crippen molar-refractivity contribution in [1.29, 1.82) is 0 Å². The lowest BCUT2D eigenvalue weighted by Gasteiger charge is -2.08. The molecular formula is C18H11NO2. The van der Waals surface area contributed by atoms with Crippen LogP contribution in [0.25, 0.3) is 32.3 Å². The second kappa shape index (κ2) is 3.87. The Morgan fingerprint density at radius 2 is 1.33 bits per heavy atom. The van der Waals surface area contributed by atoms with E-state index >= 15 is 0 Å². The van der Waals surface area contributed by atoms with Crippen LogP contribution in [-0.4, -0.2) is 0 Å². The van der Waals surface area contributed by atoms with Gasteiger partial charge in [0.15, 0.2) is 0 Å². The zero-order valence-corrected chi connectivity index (χ0v) is 11.1. The Hall–Kier alpha value is -2.78. The molecule has 3 nitrogen and oxygen atoms in total. The molecule has 0 aliphatic carbocycles. The normalized spacial score (nSPS) is 13.3. The third-order valence-corrected chi connectivity index (χ3v) is 4.15. The van der Waals surface area contributed by atoms with Crippen molar-refractivity contribution in [2.75, 3.05) is 5.48 Å². The van der Waals surface area contributed by atoms with Crippen LogP contribution in [0.5, 0.6) is 5.75 Å². The van der Waals surface area contributed by atoms with Crippen molar-refractivity contribution >= 4 is 38.0 Å². The molecule has 5 rings (SSSR count). The summed E-state index contributed by atoms with van der Waals surface area (Å²) in [6.07, 6.45) is 0. The van der Waals surface area contributed by atoms with Gasteiger partial charge in [0, 0.05) is 5.39 Å². The van der Waals surface area contributed by atoms with Crippen LogP contribution in [0.1, 0.15) is 0 Å². The minimum absolute atomic E-state index is 0.752. The van der Waals surface area contributed by atoms with E-state index in [1.807, 2.05) is 6.07 Å². The third-order valence-electron chi connectivity index (χ3n) is 4.15. The van der Waals surface area contributed by atoms with Crippen LogP contribution in [0.4, 0.5) is 5.69 Å². The van der Waals surface area contributed by atoms with Gasteiger partial charge in [-0.25, -0.2) is 5.48 Å². The van der Waals surface area contributed by atoms with Gasteiger partial charge in [-0.3, -0.25) is 0 Å². The second-order valence-electron chi connectivity index (χ2n) is 5.25. The van der Waals surface area contributed by atoms with E-state index in [-0.39, 0.29) is 0 Å². The summed E-state index contributed by atoms with van der Waals surface area (Å²) in [5.41, 5.74) is 3.61. The van der Waals surface area contributed by atoms with E-state index in [9.17, 15) is 0 Å². The number of rotatable bonds is 0. The summed E-state index contributed by atoms with van der Waals surface area (Å²) in [5, 5.41) is 7.24. The van der Waals surface area contributed by atoms with Crippen molar-refractivity contribution in [3.05, 3.63) is 60.7 Å². The molecule has 1 aliphatic heterocycles. The summed E-state index contributed by atoms with van der Waals surface area (Å²) in [5.74, 6) is 0.752. The highest BCUT2D eigenvalue weighted by Crippen LogP contribution is 2.41. The van der Waals surface area contributed by atoms with Gasteiger partial charge < -0.3 is 4.89 Å². The summed E-state index contributed by atoms with van der Waals surface area (Å²) in [6.45, 7) is 0. The highest BCUT2D eigenvalue weighted by atomic mass is 17.3. The first-order valence-corrected chi connectivity index (χ1v) is 6.88. The fourth-order valence-corrected chi connectivity index (χ4v) is 3.15. The van der Waals surface area contributed by atoms with E-state index < -0.39 is 0 Å². The molecule has 1 aliphatic rings. The molecule has 0 aromatic heterocycles. The first-order chi connectivity index (χ1) is 10.4. The van der Waals surface area contributed by atoms with Crippen LogP contribution in [-0.2, 0) is 4.99 Å². The van der Waals surface area contributed by atoms with Crippen molar-refractivity contribution in [1.82, 2.24) is 0 Å². The summed E-state index contributed by atoms with van der Waals surface area (Å²) >= 11 is 0. The molecule has 4 aromatic rings. The minimum atomic E-state index is 0.752. The summed E-state index contributed by atoms with van der Waals surface area (Å²) in [6, 6.07) is 21.1. The van der Waals surface area contributed by atoms with Gasteiger partial charge in [-0.05, 0) is 39.1 Å². The molecule has 0 amide bonds. The van der Waals surface area contributed by atoms with Crippen molar-refractivity contribution in [3.8, 4) is 5.75 Å². The lowest BCUT2D eigenvalue weighted by atomic mass is 9.96. The Morgan fingerprint density at radius 3 is 2.33 bits per heavy atom. The quantitative estimate of drug-likeness (QED) is 0.369. The van der Waals surface area contributed by atoms with Crippen molar-refractivity contribution in [2.24, 2.45) is 0 Å². The number of benzene rings is 4. The summed E-state index contributed by atoms with van der Waals surface area (Å²) < 4.78 is 0. The van der Waals surface area contributed by atoms with Crippen molar-refractivity contribution in [3.63, 3.8) is 0 Å². The van der Waals surface area contributed by atoms with E-state index in [4.69, 9.17) is 9.88 Å². The topological polar surface area (TPSA) is 30.5 Å². The van der Waals surface area contributed by atoms with Gasteiger partial charge in [0.2, 0.25) is 5.75 Å². The first-order valence-electron chi connectivity index (χ1n) is 6.88. The van der Waals surface area contributed by atoms with Crippen LogP contribution < -0.4 is 10.4 Å². The second-order valence-corrected chi connectivity index (χ2v) is 5.25. The zero-order valence-electron chi connectivity index (χ0n) is 11.1. The Balaban J connectivity index is 1.99. The number of nitrogens with one attached hydrogen (secondary N) is 1. The van der Waals surface area contributed by atoms with E-state index in [2.05, 4.69) is 60.1 Å². The van der Waals surface area contributed by atoms with Gasteiger partial charge in [-0.15, -0.1) is 0 Å². The molecule has 0 spiro atoms. The summed E-state index contributed by atoms with van der Waals surface area (Å²) in [7, 11) is 0. The van der Waals surface area contributed by atoms with Crippen LogP contribution >= 0.6 is 0 Å². The van der Waals surface area contributed by atoms with Gasteiger partial charge in [-0.1, -0.05) is 53.5 Å². The van der Waals surface area contributed by atoms with Gasteiger partial charge in [0.05, 0.1) is 0 Å². The molecule has 0 unspecified atom stereocenters. The average molecular weight is 273 g/mol. The molecule has 21 heavy (non-hydrogen) atoms. The standard InChI is InChI=1S/C18H11NO2/c1-2-4-12-11(3-1)5-6-14-13(12)7-8-16-15(14)9-10-17-18(16)20-21-19-17/h1-10,19H. The Morgan fingerprint density at radius 1 is 0.619 bits per heavy atom. The van der Waals surface area contributed by atoms with Crippen LogP contribution in [0.15, 0.2) is 60.7 Å². The van der Waals surface area contributed by atoms with Gasteiger partial charge >= 0.3 is 0 Å². The first kappa shape index (κ1) is 10.9. The van der Waals surface area contributed by atoms with E-state index in [0.717, 1.165) is 16.8 Å². The average Bonchev–Trinajstić information content (AvgIpc) is 3.03. The number of anilines is 1. The van der Waals surface area contributed by atoms with Gasteiger partial charge in [0.1, 0.15) is 5.69 Å². The summed E-state index contributed by atoms with van der Waals surface area (Å²) in [4.78, 5) is 10.1. The Bertz CT molecular complexity index is 1020. The lowest BCUT2D eigenvalue weighted by molar-refractivity contribution is -0.159. The maximum absolute atomic E-state index is 5.24. The fraction of sp³-hybridized carbons (Fsp3) is 0. The van der Waals surface area contributed by atoms with Crippen molar-refractivity contribution < 1.29 is 9.88 Å². The predicted molar refractivity (Wildman–Crippen MR) is 84.3 cm³/mol. The van der Waals surface area contributed by atoms with Crippen LogP contribution in [0.3, 0.4) is 0 Å². The molecule has 4 aromatic carbocycles. The lowest BCUT2D eigenvalue weighted by Crippen LogP contribution is -1.91. The Kier molecular flexibility index (Phi) is 2.02.